The molecule has 3 aliphatic carbocycles. The zero-order valence-electron chi connectivity index (χ0n) is 20.1. The second-order valence-electron chi connectivity index (χ2n) is 10.3. The number of amides is 1. The third-order valence-electron chi connectivity index (χ3n) is 7.12. The van der Waals surface area contributed by atoms with Gasteiger partial charge >= 0.3 is 0 Å². The van der Waals surface area contributed by atoms with Gasteiger partial charge in [0, 0.05) is 23.8 Å². The molecule has 0 saturated heterocycles. The van der Waals surface area contributed by atoms with Gasteiger partial charge in [0.15, 0.2) is 15.0 Å². The number of Topliss-reactive ketones (excluding diaryl/α,β-unsaturated/α-hetero) is 1. The van der Waals surface area contributed by atoms with Gasteiger partial charge in [0.25, 0.3) is 5.91 Å². The number of aliphatic hydroxyl groups excluding tert-OH is 1. The Labute approximate surface area is 214 Å². The van der Waals surface area contributed by atoms with Gasteiger partial charge in [-0.25, -0.2) is 13.4 Å². The van der Waals surface area contributed by atoms with Crippen LogP contribution >= 0.6 is 11.3 Å². The lowest BCUT2D eigenvalue weighted by atomic mass is 9.96. The molecule has 2 aromatic rings. The third-order valence-corrected chi connectivity index (χ3v) is 10.2. The van der Waals surface area contributed by atoms with Crippen molar-refractivity contribution in [1.82, 2.24) is 4.98 Å². The molecule has 3 fully saturated rings. The number of carbonyl (C=O) groups is 2. The minimum Gasteiger partial charge on any atom is -0.393 e. The Morgan fingerprint density at radius 2 is 2.00 bits per heavy atom. The number of benzene rings is 1. The molecule has 0 aliphatic heterocycles. The van der Waals surface area contributed by atoms with E-state index in [0.29, 0.717) is 48.1 Å². The molecule has 2 atom stereocenters. The number of allylic oxidation sites excluding steroid dienone is 1. The van der Waals surface area contributed by atoms with Gasteiger partial charge in [-0.3, -0.25) is 14.9 Å². The Balaban J connectivity index is 1.49. The average Bonchev–Trinajstić information content (AvgIpc) is 3.78. The van der Waals surface area contributed by atoms with E-state index in [1.54, 1.807) is 17.5 Å². The molecule has 5 rings (SSSR count). The third kappa shape index (κ3) is 5.18. The first-order chi connectivity index (χ1) is 17.1. The maximum Gasteiger partial charge on any atom is 0.257 e. The molecule has 10 heteroatoms. The van der Waals surface area contributed by atoms with Crippen LogP contribution in [-0.4, -0.2) is 47.2 Å². The Hall–Kier alpha value is -2.40. The van der Waals surface area contributed by atoms with Crippen molar-refractivity contribution in [3.05, 3.63) is 46.5 Å². The lowest BCUT2D eigenvalue weighted by Crippen LogP contribution is -2.26. The molecule has 0 spiro atoms. The van der Waals surface area contributed by atoms with Gasteiger partial charge in [0.1, 0.15) is 11.4 Å². The molecule has 1 amide bonds. The molecule has 192 valence electrons. The number of aliphatic hydroxyl groups is 2. The topological polar surface area (TPSA) is 134 Å². The van der Waals surface area contributed by atoms with Crippen LogP contribution in [0.2, 0.25) is 0 Å². The van der Waals surface area contributed by atoms with Crippen LogP contribution in [0.15, 0.2) is 34.6 Å². The zero-order valence-corrected chi connectivity index (χ0v) is 21.7. The van der Waals surface area contributed by atoms with E-state index < -0.39 is 28.0 Å². The number of sulfone groups is 1. The molecule has 3 N–H and O–H groups in total. The van der Waals surface area contributed by atoms with E-state index >= 15 is 0 Å². The molecule has 0 bridgehead atoms. The summed E-state index contributed by atoms with van der Waals surface area (Å²) in [6.45, 7) is 0.928. The lowest BCUT2D eigenvalue weighted by Gasteiger charge is -2.17. The minimum absolute atomic E-state index is 0.0699. The monoisotopic (exact) mass is 530 g/mol. The molecule has 3 aliphatic rings. The Morgan fingerprint density at radius 3 is 2.61 bits per heavy atom. The number of thiazole rings is 1. The second-order valence-corrected chi connectivity index (χ2v) is 13.4. The highest BCUT2D eigenvalue weighted by molar-refractivity contribution is 7.92. The first-order valence-corrected chi connectivity index (χ1v) is 14.7. The first-order valence-electron chi connectivity index (χ1n) is 12.3. The maximum atomic E-state index is 13.5. The summed E-state index contributed by atoms with van der Waals surface area (Å²) in [5.41, 5.74) is 0.490. The van der Waals surface area contributed by atoms with Crippen molar-refractivity contribution < 1.29 is 28.2 Å². The Bertz CT molecular complexity index is 1340. The van der Waals surface area contributed by atoms with Crippen LogP contribution in [0.5, 0.6) is 0 Å². The number of nitrogens with one attached hydrogen (secondary N) is 1. The van der Waals surface area contributed by atoms with E-state index in [9.17, 15) is 28.2 Å². The highest BCUT2D eigenvalue weighted by atomic mass is 32.2. The van der Waals surface area contributed by atoms with Crippen LogP contribution < -0.4 is 5.32 Å². The summed E-state index contributed by atoms with van der Waals surface area (Å²) in [6, 6.07) is 5.16. The van der Waals surface area contributed by atoms with Crippen LogP contribution in [0, 0.1) is 5.92 Å². The summed E-state index contributed by atoms with van der Waals surface area (Å²) in [5, 5.41) is 24.0. The lowest BCUT2D eigenvalue weighted by molar-refractivity contribution is -0.117. The van der Waals surface area contributed by atoms with E-state index in [0.717, 1.165) is 29.7 Å². The fourth-order valence-corrected chi connectivity index (χ4v) is 7.35. The standard InChI is InChI=1S/C26H30N2O6S2/c1-26(32,14-29)23-13-35-25(27-23)28-24(31)21(11-15-2-6-18(30)10-15)17-5-9-22(20(12-17)16-3-4-16)36(33,34)19-7-8-19/h5,9,11-13,15-16,19,29,32H,2-4,6-8,10,14H2,1H3,(H,27,28,31)/t15-,26?/m0/s1. The Morgan fingerprint density at radius 1 is 1.25 bits per heavy atom. The molecule has 1 unspecified atom stereocenters. The summed E-state index contributed by atoms with van der Waals surface area (Å²) in [7, 11) is -3.37. The van der Waals surface area contributed by atoms with Gasteiger partial charge in [0.2, 0.25) is 0 Å². The number of anilines is 1. The van der Waals surface area contributed by atoms with Crippen LogP contribution in [0.1, 0.15) is 74.6 Å². The first kappa shape index (κ1) is 25.3. The van der Waals surface area contributed by atoms with Gasteiger partial charge in [-0.15, -0.1) is 11.3 Å². The van der Waals surface area contributed by atoms with Crippen LogP contribution in [-0.2, 0) is 25.0 Å². The van der Waals surface area contributed by atoms with Gasteiger partial charge in [-0.2, -0.15) is 0 Å². The quantitative estimate of drug-likeness (QED) is 0.422. The number of aromatic nitrogens is 1. The number of hydrogen-bond acceptors (Lipinski definition) is 8. The van der Waals surface area contributed by atoms with Crippen molar-refractivity contribution >= 4 is 43.6 Å². The van der Waals surface area contributed by atoms with Gasteiger partial charge < -0.3 is 10.2 Å². The second kappa shape index (κ2) is 9.48. The number of carbonyl (C=O) groups excluding carboxylic acids is 2. The van der Waals surface area contributed by atoms with Crippen molar-refractivity contribution in [2.24, 2.45) is 5.92 Å². The molecular formula is C26H30N2O6S2. The molecule has 1 heterocycles. The molecule has 1 aromatic carbocycles. The highest BCUT2D eigenvalue weighted by Gasteiger charge is 2.40. The normalized spacial score (nSPS) is 22.5. The average molecular weight is 531 g/mol. The molecule has 3 saturated carbocycles. The molecule has 0 radical (unpaired) electrons. The fourth-order valence-electron chi connectivity index (χ4n) is 4.59. The molecule has 1 aromatic heterocycles. The largest absolute Gasteiger partial charge is 0.393 e. The minimum atomic E-state index is -3.37. The smallest absolute Gasteiger partial charge is 0.257 e. The predicted octanol–water partition coefficient (Wildman–Crippen LogP) is 3.55. The van der Waals surface area contributed by atoms with Crippen LogP contribution in [0.25, 0.3) is 5.57 Å². The van der Waals surface area contributed by atoms with E-state index in [2.05, 4.69) is 10.3 Å². The van der Waals surface area contributed by atoms with Crippen molar-refractivity contribution in [1.29, 1.82) is 0 Å². The fraction of sp³-hybridized carbons (Fsp3) is 0.500. The van der Waals surface area contributed by atoms with E-state index in [1.165, 1.54) is 6.92 Å². The molecule has 8 nitrogen and oxygen atoms in total. The molecule has 36 heavy (non-hydrogen) atoms. The van der Waals surface area contributed by atoms with E-state index in [4.69, 9.17) is 0 Å². The van der Waals surface area contributed by atoms with Crippen molar-refractivity contribution in [2.75, 3.05) is 11.9 Å². The van der Waals surface area contributed by atoms with Gasteiger partial charge in [-0.05, 0) is 74.1 Å². The summed E-state index contributed by atoms with van der Waals surface area (Å²) in [6.07, 6.45) is 6.57. The summed E-state index contributed by atoms with van der Waals surface area (Å²) >= 11 is 1.14. The van der Waals surface area contributed by atoms with Crippen molar-refractivity contribution in [3.8, 4) is 0 Å². The predicted molar refractivity (Wildman–Crippen MR) is 136 cm³/mol. The zero-order chi connectivity index (χ0) is 25.7. The van der Waals surface area contributed by atoms with Crippen LogP contribution in [0.3, 0.4) is 0 Å². The SMILES string of the molecule is CC(O)(CO)c1csc(NC(=O)C(=C[C@H]2CCC(=O)C2)c2ccc(S(=O)(=O)C3CC3)c(C3CC3)c2)n1. The van der Waals surface area contributed by atoms with Gasteiger partial charge in [0.05, 0.1) is 22.4 Å². The van der Waals surface area contributed by atoms with E-state index in [1.807, 2.05) is 12.1 Å². The Kier molecular flexibility index (Phi) is 6.65. The van der Waals surface area contributed by atoms with Crippen LogP contribution in [0.4, 0.5) is 5.13 Å². The summed E-state index contributed by atoms with van der Waals surface area (Å²) in [5.74, 6) is -0.151. The number of nitrogens with zero attached hydrogens (tertiary/aromatic N) is 1. The number of ketones is 1. The summed E-state index contributed by atoms with van der Waals surface area (Å²) in [4.78, 5) is 30.0. The van der Waals surface area contributed by atoms with E-state index in [-0.39, 0.29) is 33.7 Å². The molecular weight excluding hydrogens is 500 g/mol. The van der Waals surface area contributed by atoms with Crippen molar-refractivity contribution in [2.45, 2.75) is 73.5 Å². The number of hydrogen-bond donors (Lipinski definition) is 3. The highest BCUT2D eigenvalue weighted by Crippen LogP contribution is 2.46. The van der Waals surface area contributed by atoms with Gasteiger partial charge in [-0.1, -0.05) is 12.1 Å². The summed E-state index contributed by atoms with van der Waals surface area (Å²) < 4.78 is 26.1. The van der Waals surface area contributed by atoms with Crippen molar-refractivity contribution in [3.63, 3.8) is 0 Å². The number of rotatable bonds is 9. The maximum absolute atomic E-state index is 13.5.